The van der Waals surface area contributed by atoms with Crippen molar-refractivity contribution in [3.63, 3.8) is 0 Å². The fourth-order valence-electron chi connectivity index (χ4n) is 0.881. The van der Waals surface area contributed by atoms with E-state index in [1.807, 2.05) is 0 Å². The molecular weight excluding hydrogens is 166 g/mol. The summed E-state index contributed by atoms with van der Waals surface area (Å²) in [7, 11) is -2.94. The third kappa shape index (κ3) is 2.51. The number of hydrogen-bond donors (Lipinski definition) is 1. The Morgan fingerprint density at radius 3 is 2.73 bits per heavy atom. The van der Waals surface area contributed by atoms with Crippen LogP contribution in [0.4, 0.5) is 0 Å². The molecule has 0 radical (unpaired) electrons. The van der Waals surface area contributed by atoms with Crippen LogP contribution in [0.1, 0.15) is 0 Å². The molecule has 11 heavy (non-hydrogen) atoms. The minimum atomic E-state index is -2.94. The lowest BCUT2D eigenvalue weighted by atomic mass is 10.5. The molecule has 0 saturated heterocycles. The fraction of sp³-hybridized carbons (Fsp3) is 0.667. The van der Waals surface area contributed by atoms with Crippen LogP contribution in [0.15, 0.2) is 11.6 Å². The maximum Gasteiger partial charge on any atom is 0.174 e. The van der Waals surface area contributed by atoms with Crippen LogP contribution in [0.25, 0.3) is 0 Å². The van der Waals surface area contributed by atoms with E-state index in [2.05, 4.69) is 0 Å². The van der Waals surface area contributed by atoms with Gasteiger partial charge in [-0.15, -0.1) is 0 Å². The summed E-state index contributed by atoms with van der Waals surface area (Å²) >= 11 is 0. The standard InChI is InChI=1S/C6H11NO3S/c8-4-1-7-2-5-11(9,10)6-3-7/h2,5,8H,1,3-4,6H2. The van der Waals surface area contributed by atoms with Gasteiger partial charge in [-0.2, -0.15) is 0 Å². The Morgan fingerprint density at radius 1 is 1.55 bits per heavy atom. The Bertz CT molecular complexity index is 245. The summed E-state index contributed by atoms with van der Waals surface area (Å²) in [6.45, 7) is 1.05. The molecular formula is C6H11NO3S. The second-order valence-electron chi connectivity index (χ2n) is 2.41. The van der Waals surface area contributed by atoms with Gasteiger partial charge >= 0.3 is 0 Å². The Kier molecular flexibility index (Phi) is 2.51. The van der Waals surface area contributed by atoms with E-state index in [4.69, 9.17) is 5.11 Å². The van der Waals surface area contributed by atoms with Gasteiger partial charge in [0.05, 0.1) is 12.4 Å². The zero-order chi connectivity index (χ0) is 8.32. The van der Waals surface area contributed by atoms with E-state index in [1.54, 1.807) is 4.90 Å². The molecule has 4 nitrogen and oxygen atoms in total. The Labute approximate surface area is 66.0 Å². The fourth-order valence-corrected chi connectivity index (χ4v) is 1.86. The third-order valence-corrected chi connectivity index (χ3v) is 2.82. The highest BCUT2D eigenvalue weighted by atomic mass is 32.2. The second-order valence-corrected chi connectivity index (χ2v) is 4.42. The van der Waals surface area contributed by atoms with Crippen molar-refractivity contribution >= 4 is 9.84 Å². The summed E-state index contributed by atoms with van der Waals surface area (Å²) in [5, 5.41) is 9.71. The van der Waals surface area contributed by atoms with Gasteiger partial charge in [-0.1, -0.05) is 0 Å². The maximum absolute atomic E-state index is 10.8. The van der Waals surface area contributed by atoms with Gasteiger partial charge in [0.2, 0.25) is 0 Å². The normalized spacial score (nSPS) is 22.1. The highest BCUT2D eigenvalue weighted by molar-refractivity contribution is 7.94. The van der Waals surface area contributed by atoms with Crippen molar-refractivity contribution in [3.05, 3.63) is 11.6 Å². The largest absolute Gasteiger partial charge is 0.395 e. The number of sulfone groups is 1. The van der Waals surface area contributed by atoms with Gasteiger partial charge in [-0.05, 0) is 0 Å². The highest BCUT2D eigenvalue weighted by Gasteiger charge is 2.13. The number of rotatable bonds is 2. The first-order valence-electron chi connectivity index (χ1n) is 3.40. The Hall–Kier alpha value is -0.550. The van der Waals surface area contributed by atoms with Crippen molar-refractivity contribution < 1.29 is 13.5 Å². The molecule has 1 aliphatic heterocycles. The van der Waals surface area contributed by atoms with Crippen molar-refractivity contribution in [2.75, 3.05) is 25.4 Å². The monoisotopic (exact) mass is 177 g/mol. The smallest absolute Gasteiger partial charge is 0.174 e. The van der Waals surface area contributed by atoms with Crippen molar-refractivity contribution in [1.29, 1.82) is 0 Å². The van der Waals surface area contributed by atoms with Gasteiger partial charge in [0.15, 0.2) is 9.84 Å². The van der Waals surface area contributed by atoms with Crippen LogP contribution in [-0.2, 0) is 9.84 Å². The van der Waals surface area contributed by atoms with Crippen LogP contribution in [0.5, 0.6) is 0 Å². The lowest BCUT2D eigenvalue weighted by Crippen LogP contribution is -2.30. The number of aliphatic hydroxyl groups is 1. The van der Waals surface area contributed by atoms with Gasteiger partial charge in [0.25, 0.3) is 0 Å². The number of hydrogen-bond acceptors (Lipinski definition) is 4. The molecule has 0 aromatic rings. The van der Waals surface area contributed by atoms with Crippen LogP contribution in [0.3, 0.4) is 0 Å². The molecule has 0 aromatic heterocycles. The molecule has 1 aliphatic rings. The first-order valence-corrected chi connectivity index (χ1v) is 5.11. The van der Waals surface area contributed by atoms with Crippen LogP contribution in [-0.4, -0.2) is 43.9 Å². The van der Waals surface area contributed by atoms with Gasteiger partial charge in [0, 0.05) is 24.7 Å². The number of nitrogens with zero attached hydrogens (tertiary/aromatic N) is 1. The van der Waals surface area contributed by atoms with Crippen LogP contribution in [0.2, 0.25) is 0 Å². The summed E-state index contributed by atoms with van der Waals surface area (Å²) in [4.78, 5) is 1.78. The highest BCUT2D eigenvalue weighted by Crippen LogP contribution is 2.03. The molecule has 0 unspecified atom stereocenters. The Morgan fingerprint density at radius 2 is 2.27 bits per heavy atom. The average Bonchev–Trinajstić information content (AvgIpc) is 1.94. The Balaban J connectivity index is 2.57. The maximum atomic E-state index is 10.8. The molecule has 0 saturated carbocycles. The molecule has 1 heterocycles. The summed E-state index contributed by atoms with van der Waals surface area (Å²) in [6.07, 6.45) is 1.51. The molecule has 0 fully saturated rings. The molecule has 0 atom stereocenters. The molecule has 64 valence electrons. The molecule has 0 aliphatic carbocycles. The zero-order valence-corrected chi connectivity index (χ0v) is 6.92. The van der Waals surface area contributed by atoms with E-state index in [9.17, 15) is 8.42 Å². The lowest BCUT2D eigenvalue weighted by Gasteiger charge is -2.21. The van der Waals surface area contributed by atoms with Crippen molar-refractivity contribution in [3.8, 4) is 0 Å². The van der Waals surface area contributed by atoms with Gasteiger partial charge in [-0.25, -0.2) is 8.42 Å². The summed E-state index contributed by atoms with van der Waals surface area (Å²) in [5.41, 5.74) is 0. The summed E-state index contributed by atoms with van der Waals surface area (Å²) < 4.78 is 21.6. The van der Waals surface area contributed by atoms with E-state index in [-0.39, 0.29) is 12.4 Å². The third-order valence-electron chi connectivity index (χ3n) is 1.53. The average molecular weight is 177 g/mol. The molecule has 1 rings (SSSR count). The number of aliphatic hydroxyl groups excluding tert-OH is 1. The number of β-amino-alcohol motifs (C(OH)–C–C–N with tert-alkyl or cyclic N) is 1. The van der Waals surface area contributed by atoms with Crippen molar-refractivity contribution in [2.45, 2.75) is 0 Å². The molecule has 0 spiro atoms. The van der Waals surface area contributed by atoms with Gasteiger partial charge < -0.3 is 10.0 Å². The molecule has 0 aromatic carbocycles. The lowest BCUT2D eigenvalue weighted by molar-refractivity contribution is 0.240. The summed E-state index contributed by atoms with van der Waals surface area (Å²) in [5.74, 6) is 0.156. The first kappa shape index (κ1) is 8.55. The van der Waals surface area contributed by atoms with Gasteiger partial charge in [-0.3, -0.25) is 0 Å². The second kappa shape index (κ2) is 3.23. The predicted molar refractivity (Wildman–Crippen MR) is 41.6 cm³/mol. The SMILES string of the molecule is O=S1(=O)C=CN(CCO)CC1. The van der Waals surface area contributed by atoms with Crippen molar-refractivity contribution in [1.82, 2.24) is 4.90 Å². The van der Waals surface area contributed by atoms with E-state index < -0.39 is 9.84 Å². The topological polar surface area (TPSA) is 57.6 Å². The molecule has 5 heteroatoms. The summed E-state index contributed by atoms with van der Waals surface area (Å²) in [6, 6.07) is 0. The quantitative estimate of drug-likeness (QED) is 0.598. The minimum absolute atomic E-state index is 0.0599. The molecule has 0 bridgehead atoms. The van der Waals surface area contributed by atoms with E-state index in [0.717, 1.165) is 0 Å². The molecule has 1 N–H and O–H groups in total. The predicted octanol–water partition coefficient (Wildman–Crippen LogP) is -0.820. The van der Waals surface area contributed by atoms with E-state index >= 15 is 0 Å². The zero-order valence-electron chi connectivity index (χ0n) is 6.10. The van der Waals surface area contributed by atoms with E-state index in [1.165, 1.54) is 11.6 Å². The van der Waals surface area contributed by atoms with Crippen LogP contribution >= 0.6 is 0 Å². The molecule has 0 amide bonds. The van der Waals surface area contributed by atoms with E-state index in [0.29, 0.717) is 13.1 Å². The van der Waals surface area contributed by atoms with Gasteiger partial charge in [0.1, 0.15) is 0 Å². The van der Waals surface area contributed by atoms with Crippen LogP contribution < -0.4 is 0 Å². The van der Waals surface area contributed by atoms with Crippen molar-refractivity contribution in [2.24, 2.45) is 0 Å². The first-order chi connectivity index (χ1) is 5.14. The minimum Gasteiger partial charge on any atom is -0.395 e. The van der Waals surface area contributed by atoms with Crippen LogP contribution in [0, 0.1) is 0 Å².